The molecule has 0 aromatic heterocycles. The molecule has 20 heavy (non-hydrogen) atoms. The highest BCUT2D eigenvalue weighted by Gasteiger charge is 2.31. The molecule has 1 saturated heterocycles. The Bertz CT molecular complexity index is 517. The van der Waals surface area contributed by atoms with Crippen LogP contribution in [0.1, 0.15) is 42.1 Å². The SMILES string of the molecule is CC1SCCCC1N1CCCc2c(C(=O)O)cccc21. The number of fused-ring (bicyclic) bond motifs is 1. The van der Waals surface area contributed by atoms with Gasteiger partial charge in [0.2, 0.25) is 0 Å². The Morgan fingerprint density at radius 3 is 3.00 bits per heavy atom. The van der Waals surface area contributed by atoms with Crippen molar-refractivity contribution in [2.45, 2.75) is 43.9 Å². The molecule has 2 aliphatic heterocycles. The number of aromatic carboxylic acids is 1. The molecule has 2 aliphatic rings. The minimum absolute atomic E-state index is 0.489. The van der Waals surface area contributed by atoms with Crippen molar-refractivity contribution < 1.29 is 9.90 Å². The van der Waals surface area contributed by atoms with Crippen LogP contribution in [0, 0.1) is 0 Å². The maximum atomic E-state index is 11.4. The average Bonchev–Trinajstić information content (AvgIpc) is 2.46. The first-order valence-corrected chi connectivity index (χ1v) is 8.47. The van der Waals surface area contributed by atoms with Crippen molar-refractivity contribution >= 4 is 23.4 Å². The van der Waals surface area contributed by atoms with Gasteiger partial charge in [-0.25, -0.2) is 4.79 Å². The van der Waals surface area contributed by atoms with E-state index in [1.807, 2.05) is 17.8 Å². The lowest BCUT2D eigenvalue weighted by Gasteiger charge is -2.43. The maximum absolute atomic E-state index is 11.4. The number of anilines is 1. The van der Waals surface area contributed by atoms with Gasteiger partial charge in [0.1, 0.15) is 0 Å². The molecule has 1 N–H and O–H groups in total. The maximum Gasteiger partial charge on any atom is 0.336 e. The normalized spacial score (nSPS) is 26.1. The molecule has 3 rings (SSSR count). The Kier molecular flexibility index (Phi) is 3.92. The van der Waals surface area contributed by atoms with Gasteiger partial charge in [0, 0.05) is 23.5 Å². The summed E-state index contributed by atoms with van der Waals surface area (Å²) in [6, 6.07) is 6.29. The molecule has 3 nitrogen and oxygen atoms in total. The van der Waals surface area contributed by atoms with Crippen molar-refractivity contribution in [3.05, 3.63) is 29.3 Å². The fourth-order valence-corrected chi connectivity index (χ4v) is 4.72. The molecule has 0 aliphatic carbocycles. The molecule has 4 heteroatoms. The first-order valence-electron chi connectivity index (χ1n) is 7.42. The summed E-state index contributed by atoms with van der Waals surface area (Å²) in [7, 11) is 0. The van der Waals surface area contributed by atoms with Crippen LogP contribution >= 0.6 is 11.8 Å². The van der Waals surface area contributed by atoms with Crippen molar-refractivity contribution in [1.82, 2.24) is 0 Å². The van der Waals surface area contributed by atoms with E-state index in [0.717, 1.165) is 30.6 Å². The van der Waals surface area contributed by atoms with Crippen LogP contribution in [-0.4, -0.2) is 34.7 Å². The van der Waals surface area contributed by atoms with Crippen molar-refractivity contribution in [3.63, 3.8) is 0 Å². The van der Waals surface area contributed by atoms with Crippen LogP contribution in [0.3, 0.4) is 0 Å². The molecular weight excluding hydrogens is 270 g/mol. The highest BCUT2D eigenvalue weighted by atomic mass is 32.2. The number of benzene rings is 1. The Labute approximate surface area is 124 Å². The topological polar surface area (TPSA) is 40.5 Å². The molecular formula is C16H21NO2S. The average molecular weight is 291 g/mol. The summed E-state index contributed by atoms with van der Waals surface area (Å²) in [6.45, 7) is 3.37. The van der Waals surface area contributed by atoms with Crippen LogP contribution in [0.15, 0.2) is 18.2 Å². The third kappa shape index (κ3) is 2.41. The summed E-state index contributed by atoms with van der Waals surface area (Å²) in [5, 5.41) is 9.99. The van der Waals surface area contributed by atoms with Gasteiger partial charge in [-0.3, -0.25) is 0 Å². The predicted octanol–water partition coefficient (Wildman–Crippen LogP) is 3.42. The number of carboxylic acid groups (broad SMARTS) is 1. The van der Waals surface area contributed by atoms with Gasteiger partial charge in [-0.15, -0.1) is 0 Å². The summed E-state index contributed by atoms with van der Waals surface area (Å²) in [4.78, 5) is 13.9. The molecule has 108 valence electrons. The third-order valence-corrected chi connectivity index (χ3v) is 5.85. The number of rotatable bonds is 2. The number of nitrogens with zero attached hydrogens (tertiary/aromatic N) is 1. The number of hydrogen-bond acceptors (Lipinski definition) is 3. The van der Waals surface area contributed by atoms with Gasteiger partial charge >= 0.3 is 5.97 Å². The highest BCUT2D eigenvalue weighted by Crippen LogP contribution is 2.37. The molecule has 0 bridgehead atoms. The van der Waals surface area contributed by atoms with Gasteiger partial charge in [-0.2, -0.15) is 11.8 Å². The summed E-state index contributed by atoms with van der Waals surface area (Å²) < 4.78 is 0. The van der Waals surface area contributed by atoms with Gasteiger partial charge in [-0.05, 0) is 49.1 Å². The van der Waals surface area contributed by atoms with E-state index in [2.05, 4.69) is 17.9 Å². The van der Waals surface area contributed by atoms with Gasteiger partial charge in [-0.1, -0.05) is 13.0 Å². The second-order valence-corrected chi connectivity index (χ2v) is 7.18. The van der Waals surface area contributed by atoms with E-state index >= 15 is 0 Å². The molecule has 0 spiro atoms. The monoisotopic (exact) mass is 291 g/mol. The summed E-state index contributed by atoms with van der Waals surface area (Å²) in [6.07, 6.45) is 4.45. The van der Waals surface area contributed by atoms with Gasteiger partial charge < -0.3 is 10.0 Å². The zero-order valence-electron chi connectivity index (χ0n) is 11.8. The lowest BCUT2D eigenvalue weighted by molar-refractivity contribution is 0.0695. The van der Waals surface area contributed by atoms with Crippen LogP contribution < -0.4 is 4.90 Å². The molecule has 2 heterocycles. The molecule has 2 unspecified atom stereocenters. The summed E-state index contributed by atoms with van der Waals surface area (Å²) in [5.41, 5.74) is 2.69. The lowest BCUT2D eigenvalue weighted by Crippen LogP contribution is -2.46. The first-order chi connectivity index (χ1) is 9.68. The number of carboxylic acids is 1. The van der Waals surface area contributed by atoms with E-state index in [-0.39, 0.29) is 0 Å². The van der Waals surface area contributed by atoms with E-state index in [1.165, 1.54) is 18.6 Å². The molecule has 0 radical (unpaired) electrons. The number of hydrogen-bond donors (Lipinski definition) is 1. The fraction of sp³-hybridized carbons (Fsp3) is 0.562. The number of thioether (sulfide) groups is 1. The van der Waals surface area contributed by atoms with Gasteiger partial charge in [0.05, 0.1) is 5.56 Å². The van der Waals surface area contributed by atoms with E-state index in [0.29, 0.717) is 16.9 Å². The van der Waals surface area contributed by atoms with Crippen molar-refractivity contribution in [1.29, 1.82) is 0 Å². The zero-order chi connectivity index (χ0) is 14.1. The van der Waals surface area contributed by atoms with E-state index < -0.39 is 5.97 Å². The molecule has 2 atom stereocenters. The van der Waals surface area contributed by atoms with E-state index in [1.54, 1.807) is 6.07 Å². The van der Waals surface area contributed by atoms with Gasteiger partial charge in [0.15, 0.2) is 0 Å². The van der Waals surface area contributed by atoms with Gasteiger partial charge in [0.25, 0.3) is 0 Å². The minimum Gasteiger partial charge on any atom is -0.478 e. The molecule has 1 fully saturated rings. The standard InChI is InChI=1S/C16H21NO2S/c1-11-14(8-4-10-20-11)17-9-3-6-12-13(16(18)19)5-2-7-15(12)17/h2,5,7,11,14H,3-4,6,8-10H2,1H3,(H,18,19). The zero-order valence-corrected chi connectivity index (χ0v) is 12.7. The lowest BCUT2D eigenvalue weighted by atomic mass is 9.93. The van der Waals surface area contributed by atoms with Crippen molar-refractivity contribution in [2.24, 2.45) is 0 Å². The van der Waals surface area contributed by atoms with E-state index in [9.17, 15) is 9.90 Å². The third-order valence-electron chi connectivity index (χ3n) is 4.48. The largest absolute Gasteiger partial charge is 0.478 e. The fourth-order valence-electron chi connectivity index (χ4n) is 3.51. The second kappa shape index (κ2) is 5.68. The van der Waals surface area contributed by atoms with Crippen LogP contribution in [0.5, 0.6) is 0 Å². The molecule has 1 aromatic carbocycles. The quantitative estimate of drug-likeness (QED) is 0.906. The number of carbonyl (C=O) groups is 1. The Morgan fingerprint density at radius 2 is 2.25 bits per heavy atom. The van der Waals surface area contributed by atoms with Crippen LogP contribution in [0.2, 0.25) is 0 Å². The van der Waals surface area contributed by atoms with Crippen LogP contribution in [0.25, 0.3) is 0 Å². The smallest absolute Gasteiger partial charge is 0.336 e. The highest BCUT2D eigenvalue weighted by molar-refractivity contribution is 8.00. The van der Waals surface area contributed by atoms with Crippen LogP contribution in [0.4, 0.5) is 5.69 Å². The Balaban J connectivity index is 1.97. The van der Waals surface area contributed by atoms with Crippen molar-refractivity contribution in [2.75, 3.05) is 17.2 Å². The molecule has 0 saturated carbocycles. The predicted molar refractivity (Wildman–Crippen MR) is 84.0 cm³/mol. The molecule has 1 aromatic rings. The van der Waals surface area contributed by atoms with Crippen LogP contribution in [-0.2, 0) is 6.42 Å². The first kappa shape index (κ1) is 13.8. The Hall–Kier alpha value is -1.16. The minimum atomic E-state index is -0.797. The second-order valence-electron chi connectivity index (χ2n) is 5.69. The van der Waals surface area contributed by atoms with Crippen molar-refractivity contribution in [3.8, 4) is 0 Å². The molecule has 0 amide bonds. The summed E-state index contributed by atoms with van der Waals surface area (Å²) in [5.74, 6) is 0.461. The summed E-state index contributed by atoms with van der Waals surface area (Å²) >= 11 is 2.05. The van der Waals surface area contributed by atoms with E-state index in [4.69, 9.17) is 0 Å². The Morgan fingerprint density at radius 1 is 1.40 bits per heavy atom.